The number of amides is 1. The molecule has 0 saturated carbocycles. The second-order valence-electron chi connectivity index (χ2n) is 5.67. The number of ether oxygens (including phenoxy) is 1. The summed E-state index contributed by atoms with van der Waals surface area (Å²) in [7, 11) is 1.89. The minimum atomic E-state index is 0. The van der Waals surface area contributed by atoms with E-state index in [4.69, 9.17) is 4.74 Å². The second kappa shape index (κ2) is 13.7. The van der Waals surface area contributed by atoms with Crippen molar-refractivity contribution in [3.8, 4) is 5.75 Å². The van der Waals surface area contributed by atoms with E-state index in [-0.39, 0.29) is 29.9 Å². The zero-order valence-electron chi connectivity index (χ0n) is 16.6. The molecule has 0 aliphatic rings. The molecule has 0 spiro atoms. The Bertz CT molecular complexity index is 562. The Morgan fingerprint density at radius 2 is 1.88 bits per heavy atom. The van der Waals surface area contributed by atoms with Gasteiger partial charge in [-0.15, -0.1) is 24.0 Å². The van der Waals surface area contributed by atoms with Crippen LogP contribution in [-0.4, -0.2) is 61.5 Å². The molecule has 0 aromatic heterocycles. The zero-order chi connectivity index (χ0) is 18.7. The number of nitrogens with zero attached hydrogens (tertiary/aromatic N) is 3. The van der Waals surface area contributed by atoms with E-state index in [1.54, 1.807) is 0 Å². The van der Waals surface area contributed by atoms with E-state index < -0.39 is 0 Å². The van der Waals surface area contributed by atoms with E-state index in [1.807, 2.05) is 68.8 Å². The molecule has 1 amide bonds. The molecule has 1 aromatic carbocycles. The molecule has 1 rings (SSSR count). The van der Waals surface area contributed by atoms with Gasteiger partial charge in [-0.2, -0.15) is 0 Å². The predicted octanol–water partition coefficient (Wildman–Crippen LogP) is 2.97. The van der Waals surface area contributed by atoms with Gasteiger partial charge in [0.05, 0.1) is 19.7 Å². The molecule has 148 valence electrons. The van der Waals surface area contributed by atoms with Crippen LogP contribution in [0.1, 0.15) is 33.3 Å². The van der Waals surface area contributed by atoms with Gasteiger partial charge in [0.15, 0.2) is 5.96 Å². The fourth-order valence-electron chi connectivity index (χ4n) is 2.49. The predicted molar refractivity (Wildman–Crippen MR) is 118 cm³/mol. The van der Waals surface area contributed by atoms with Crippen molar-refractivity contribution >= 4 is 35.8 Å². The van der Waals surface area contributed by atoms with Crippen molar-refractivity contribution in [3.05, 3.63) is 29.8 Å². The highest BCUT2D eigenvalue weighted by Gasteiger charge is 2.14. The van der Waals surface area contributed by atoms with Crippen LogP contribution in [0.4, 0.5) is 0 Å². The van der Waals surface area contributed by atoms with E-state index in [0.717, 1.165) is 36.9 Å². The maximum Gasteiger partial charge on any atom is 0.242 e. The normalized spacial score (nSPS) is 10.7. The molecule has 0 aliphatic carbocycles. The molecule has 0 saturated heterocycles. The van der Waals surface area contributed by atoms with Gasteiger partial charge in [-0.1, -0.05) is 12.1 Å². The minimum absolute atomic E-state index is 0. The number of rotatable bonds is 9. The summed E-state index contributed by atoms with van der Waals surface area (Å²) in [5, 5.41) is 3.25. The van der Waals surface area contributed by atoms with Crippen molar-refractivity contribution in [2.24, 2.45) is 4.99 Å². The first kappa shape index (κ1) is 24.5. The van der Waals surface area contributed by atoms with Crippen molar-refractivity contribution in [2.45, 2.75) is 34.2 Å². The van der Waals surface area contributed by atoms with Crippen LogP contribution in [0, 0.1) is 0 Å². The van der Waals surface area contributed by atoms with E-state index >= 15 is 0 Å². The van der Waals surface area contributed by atoms with Crippen molar-refractivity contribution < 1.29 is 9.53 Å². The molecule has 0 fully saturated rings. The minimum Gasteiger partial charge on any atom is -0.494 e. The zero-order valence-corrected chi connectivity index (χ0v) is 18.9. The van der Waals surface area contributed by atoms with Gasteiger partial charge in [-0.05, 0) is 45.4 Å². The number of nitrogens with one attached hydrogen (secondary N) is 1. The standard InChI is InChI=1S/C19H32N4O2.HI/c1-6-20-19(22(5)15-18(24)23(7-2)8-3)21-14-16-11-10-12-17(13-16)25-9-4;/h10-13H,6-9,14-15H2,1-5H3,(H,20,21);1H. The molecule has 1 N–H and O–H groups in total. The van der Waals surface area contributed by atoms with Crippen molar-refractivity contribution in [3.63, 3.8) is 0 Å². The molecule has 0 heterocycles. The van der Waals surface area contributed by atoms with Crippen LogP contribution >= 0.6 is 24.0 Å². The highest BCUT2D eigenvalue weighted by molar-refractivity contribution is 14.0. The van der Waals surface area contributed by atoms with Crippen LogP contribution < -0.4 is 10.1 Å². The lowest BCUT2D eigenvalue weighted by Crippen LogP contribution is -2.45. The third-order valence-corrected chi connectivity index (χ3v) is 3.81. The summed E-state index contributed by atoms with van der Waals surface area (Å²) in [5.74, 6) is 1.69. The van der Waals surface area contributed by atoms with Gasteiger partial charge in [-0.3, -0.25) is 4.79 Å². The van der Waals surface area contributed by atoms with Crippen molar-refractivity contribution in [1.29, 1.82) is 0 Å². The van der Waals surface area contributed by atoms with E-state index in [1.165, 1.54) is 0 Å². The van der Waals surface area contributed by atoms with E-state index in [0.29, 0.717) is 19.7 Å². The fourth-order valence-corrected chi connectivity index (χ4v) is 2.49. The number of hydrogen-bond acceptors (Lipinski definition) is 3. The van der Waals surface area contributed by atoms with Gasteiger partial charge in [0.25, 0.3) is 0 Å². The van der Waals surface area contributed by atoms with Crippen LogP contribution in [0.3, 0.4) is 0 Å². The SMILES string of the molecule is CCNC(=NCc1cccc(OCC)c1)N(C)CC(=O)N(CC)CC.I. The third-order valence-electron chi connectivity index (χ3n) is 3.81. The summed E-state index contributed by atoms with van der Waals surface area (Å²) in [6, 6.07) is 7.93. The Hall–Kier alpha value is -1.51. The lowest BCUT2D eigenvalue weighted by molar-refractivity contribution is -0.131. The Kier molecular flexibility index (Phi) is 12.9. The van der Waals surface area contributed by atoms with Gasteiger partial charge in [-0.25, -0.2) is 4.99 Å². The number of benzene rings is 1. The van der Waals surface area contributed by atoms with Crippen molar-refractivity contribution in [2.75, 3.05) is 39.8 Å². The smallest absolute Gasteiger partial charge is 0.242 e. The number of guanidine groups is 1. The van der Waals surface area contributed by atoms with E-state index in [2.05, 4.69) is 10.3 Å². The molecule has 7 heteroatoms. The maximum absolute atomic E-state index is 12.3. The summed E-state index contributed by atoms with van der Waals surface area (Å²) < 4.78 is 5.53. The first-order valence-corrected chi connectivity index (χ1v) is 9.04. The highest BCUT2D eigenvalue weighted by Crippen LogP contribution is 2.14. The number of carbonyl (C=O) groups excluding carboxylic acids is 1. The van der Waals surface area contributed by atoms with E-state index in [9.17, 15) is 4.79 Å². The van der Waals surface area contributed by atoms with Gasteiger partial charge < -0.3 is 19.9 Å². The molecule has 0 unspecified atom stereocenters. The van der Waals surface area contributed by atoms with Crippen molar-refractivity contribution in [1.82, 2.24) is 15.1 Å². The lowest BCUT2D eigenvalue weighted by Gasteiger charge is -2.25. The number of aliphatic imine (C=N–C) groups is 1. The first-order valence-electron chi connectivity index (χ1n) is 9.04. The Balaban J connectivity index is 0.00000625. The Morgan fingerprint density at radius 3 is 2.46 bits per heavy atom. The van der Waals surface area contributed by atoms with Gasteiger partial charge in [0.1, 0.15) is 5.75 Å². The van der Waals surface area contributed by atoms with Crippen LogP contribution in [-0.2, 0) is 11.3 Å². The topological polar surface area (TPSA) is 57.2 Å². The molecule has 0 atom stereocenters. The Morgan fingerprint density at radius 1 is 1.19 bits per heavy atom. The summed E-state index contributed by atoms with van der Waals surface area (Å²) in [6.45, 7) is 11.7. The summed E-state index contributed by atoms with van der Waals surface area (Å²) in [6.07, 6.45) is 0. The average molecular weight is 476 g/mol. The van der Waals surface area contributed by atoms with Gasteiger partial charge >= 0.3 is 0 Å². The van der Waals surface area contributed by atoms with Crippen LogP contribution in [0.25, 0.3) is 0 Å². The first-order chi connectivity index (χ1) is 12.0. The third kappa shape index (κ3) is 8.25. The lowest BCUT2D eigenvalue weighted by atomic mass is 10.2. The molecule has 0 radical (unpaired) electrons. The molecule has 0 bridgehead atoms. The Labute approximate surface area is 175 Å². The van der Waals surface area contributed by atoms with Crippen LogP contribution in [0.5, 0.6) is 5.75 Å². The monoisotopic (exact) mass is 476 g/mol. The number of halogens is 1. The number of carbonyl (C=O) groups is 1. The van der Waals surface area contributed by atoms with Gasteiger partial charge in [0, 0.05) is 26.7 Å². The van der Waals surface area contributed by atoms with Crippen LogP contribution in [0.15, 0.2) is 29.3 Å². The molecular weight excluding hydrogens is 443 g/mol. The fraction of sp³-hybridized carbons (Fsp3) is 0.579. The molecule has 6 nitrogen and oxygen atoms in total. The average Bonchev–Trinajstić information content (AvgIpc) is 2.60. The highest BCUT2D eigenvalue weighted by atomic mass is 127. The largest absolute Gasteiger partial charge is 0.494 e. The summed E-state index contributed by atoms with van der Waals surface area (Å²) >= 11 is 0. The molecule has 26 heavy (non-hydrogen) atoms. The summed E-state index contributed by atoms with van der Waals surface area (Å²) in [5.41, 5.74) is 1.07. The molecule has 1 aromatic rings. The quantitative estimate of drug-likeness (QED) is 0.338. The number of likely N-dealkylation sites (N-methyl/N-ethyl adjacent to an activating group) is 2. The maximum atomic E-state index is 12.3. The molecular formula is C19H33IN4O2. The van der Waals surface area contributed by atoms with Crippen LogP contribution in [0.2, 0.25) is 0 Å². The summed E-state index contributed by atoms with van der Waals surface area (Å²) in [4.78, 5) is 20.7. The number of hydrogen-bond donors (Lipinski definition) is 1. The van der Waals surface area contributed by atoms with Gasteiger partial charge in [0.2, 0.25) is 5.91 Å². The molecule has 0 aliphatic heterocycles. The second-order valence-corrected chi connectivity index (χ2v) is 5.67.